The van der Waals surface area contributed by atoms with Gasteiger partial charge in [0.25, 0.3) is 0 Å². The van der Waals surface area contributed by atoms with Crippen molar-refractivity contribution in [3.63, 3.8) is 0 Å². The smallest absolute Gasteiger partial charge is 0.0991 e. The standard InChI is InChI=1S/C15H18N4/c1-12(13(2)19-9-3-8-18-19)17-11-15-6-4-14(10-16)5-7-15/h3-9,12-13,17H,11H2,1-2H3. The number of nitrogens with one attached hydrogen (secondary N) is 1. The fourth-order valence-corrected chi connectivity index (χ4v) is 1.90. The van der Waals surface area contributed by atoms with Crippen LogP contribution in [0.1, 0.15) is 31.0 Å². The van der Waals surface area contributed by atoms with Crippen LogP contribution >= 0.6 is 0 Å². The number of nitriles is 1. The van der Waals surface area contributed by atoms with Gasteiger partial charge in [0.15, 0.2) is 0 Å². The van der Waals surface area contributed by atoms with Gasteiger partial charge in [-0.3, -0.25) is 4.68 Å². The first-order chi connectivity index (χ1) is 9.20. The molecule has 0 spiro atoms. The van der Waals surface area contributed by atoms with Crippen molar-refractivity contribution in [3.05, 3.63) is 53.9 Å². The van der Waals surface area contributed by atoms with Crippen LogP contribution in [0.4, 0.5) is 0 Å². The van der Waals surface area contributed by atoms with Gasteiger partial charge in [0, 0.05) is 25.0 Å². The topological polar surface area (TPSA) is 53.6 Å². The maximum Gasteiger partial charge on any atom is 0.0991 e. The molecule has 4 nitrogen and oxygen atoms in total. The molecule has 1 N–H and O–H groups in total. The summed E-state index contributed by atoms with van der Waals surface area (Å²) >= 11 is 0. The highest BCUT2D eigenvalue weighted by molar-refractivity contribution is 5.31. The zero-order chi connectivity index (χ0) is 13.7. The van der Waals surface area contributed by atoms with Crippen LogP contribution in [0.25, 0.3) is 0 Å². The molecule has 2 unspecified atom stereocenters. The van der Waals surface area contributed by atoms with Crippen molar-refractivity contribution in [2.45, 2.75) is 32.5 Å². The number of nitrogens with zero attached hydrogens (tertiary/aromatic N) is 3. The molecule has 2 aromatic rings. The van der Waals surface area contributed by atoms with E-state index in [1.165, 1.54) is 5.56 Å². The van der Waals surface area contributed by atoms with Crippen LogP contribution in [0.5, 0.6) is 0 Å². The molecule has 98 valence electrons. The van der Waals surface area contributed by atoms with E-state index < -0.39 is 0 Å². The first kappa shape index (κ1) is 13.3. The van der Waals surface area contributed by atoms with Crippen molar-refractivity contribution in [2.24, 2.45) is 0 Å². The molecular formula is C15H18N4. The van der Waals surface area contributed by atoms with Crippen molar-refractivity contribution in [3.8, 4) is 6.07 Å². The lowest BCUT2D eigenvalue weighted by atomic mass is 10.1. The Hall–Kier alpha value is -2.12. The fraction of sp³-hybridized carbons (Fsp3) is 0.333. The molecule has 0 fully saturated rings. The van der Waals surface area contributed by atoms with Gasteiger partial charge in [-0.25, -0.2) is 0 Å². The molecule has 0 aliphatic rings. The molecule has 0 saturated carbocycles. The minimum Gasteiger partial charge on any atom is -0.308 e. The summed E-state index contributed by atoms with van der Waals surface area (Å²) < 4.78 is 1.95. The Morgan fingerprint density at radius 2 is 2.05 bits per heavy atom. The summed E-state index contributed by atoms with van der Waals surface area (Å²) in [6.45, 7) is 5.08. The van der Waals surface area contributed by atoms with Crippen LogP contribution in [-0.2, 0) is 6.54 Å². The number of hydrogen-bond acceptors (Lipinski definition) is 3. The quantitative estimate of drug-likeness (QED) is 0.892. The third kappa shape index (κ3) is 3.43. The van der Waals surface area contributed by atoms with Crippen LogP contribution in [0.3, 0.4) is 0 Å². The molecule has 1 heterocycles. The second-order valence-corrected chi connectivity index (χ2v) is 4.70. The van der Waals surface area contributed by atoms with Gasteiger partial charge in [-0.15, -0.1) is 0 Å². The van der Waals surface area contributed by atoms with Gasteiger partial charge >= 0.3 is 0 Å². The van der Waals surface area contributed by atoms with Gasteiger partial charge in [-0.1, -0.05) is 12.1 Å². The van der Waals surface area contributed by atoms with Crippen LogP contribution in [-0.4, -0.2) is 15.8 Å². The summed E-state index contributed by atoms with van der Waals surface area (Å²) in [5.74, 6) is 0. The molecule has 0 radical (unpaired) electrons. The normalized spacial score (nSPS) is 13.7. The zero-order valence-corrected chi connectivity index (χ0v) is 11.2. The largest absolute Gasteiger partial charge is 0.308 e. The maximum atomic E-state index is 8.75. The van der Waals surface area contributed by atoms with E-state index in [2.05, 4.69) is 30.3 Å². The number of aromatic nitrogens is 2. The maximum absolute atomic E-state index is 8.75. The molecule has 1 aromatic heterocycles. The Labute approximate surface area is 113 Å². The van der Waals surface area contributed by atoms with Gasteiger partial charge in [0.2, 0.25) is 0 Å². The second-order valence-electron chi connectivity index (χ2n) is 4.70. The lowest BCUT2D eigenvalue weighted by Crippen LogP contribution is -2.33. The molecule has 2 rings (SSSR count). The molecule has 1 aromatic carbocycles. The summed E-state index contributed by atoms with van der Waals surface area (Å²) in [7, 11) is 0. The molecule has 4 heteroatoms. The first-order valence-corrected chi connectivity index (χ1v) is 6.42. The van der Waals surface area contributed by atoms with Crippen molar-refractivity contribution in [2.75, 3.05) is 0 Å². The predicted octanol–water partition coefficient (Wildman–Crippen LogP) is 2.49. The minimum atomic E-state index is 0.299. The van der Waals surface area contributed by atoms with E-state index >= 15 is 0 Å². The molecule has 0 saturated heterocycles. The highest BCUT2D eigenvalue weighted by Crippen LogP contribution is 2.10. The van der Waals surface area contributed by atoms with E-state index in [1.54, 1.807) is 6.20 Å². The summed E-state index contributed by atoms with van der Waals surface area (Å²) in [6.07, 6.45) is 3.77. The molecule has 19 heavy (non-hydrogen) atoms. The second kappa shape index (κ2) is 6.17. The van der Waals surface area contributed by atoms with Gasteiger partial charge < -0.3 is 5.32 Å². The van der Waals surface area contributed by atoms with Crippen LogP contribution in [0.15, 0.2) is 42.7 Å². The lowest BCUT2D eigenvalue weighted by molar-refractivity contribution is 0.365. The van der Waals surface area contributed by atoms with E-state index in [1.807, 2.05) is 41.2 Å². The Bertz CT molecular complexity index is 537. The fourth-order valence-electron chi connectivity index (χ4n) is 1.90. The van der Waals surface area contributed by atoms with E-state index in [-0.39, 0.29) is 0 Å². The highest BCUT2D eigenvalue weighted by Gasteiger charge is 2.13. The molecule has 0 aliphatic heterocycles. The molecule has 0 amide bonds. The van der Waals surface area contributed by atoms with Gasteiger partial charge in [0.05, 0.1) is 17.7 Å². The van der Waals surface area contributed by atoms with E-state index in [0.29, 0.717) is 17.6 Å². The molecular weight excluding hydrogens is 236 g/mol. The van der Waals surface area contributed by atoms with Crippen molar-refractivity contribution < 1.29 is 0 Å². The number of rotatable bonds is 5. The average molecular weight is 254 g/mol. The zero-order valence-electron chi connectivity index (χ0n) is 11.2. The lowest BCUT2D eigenvalue weighted by Gasteiger charge is -2.21. The van der Waals surface area contributed by atoms with Crippen LogP contribution in [0.2, 0.25) is 0 Å². The summed E-state index contributed by atoms with van der Waals surface area (Å²) in [4.78, 5) is 0. The average Bonchev–Trinajstić information content (AvgIpc) is 2.98. The van der Waals surface area contributed by atoms with E-state index in [4.69, 9.17) is 5.26 Å². The van der Waals surface area contributed by atoms with Crippen LogP contribution < -0.4 is 5.32 Å². The first-order valence-electron chi connectivity index (χ1n) is 6.42. The predicted molar refractivity (Wildman–Crippen MR) is 74.4 cm³/mol. The third-order valence-corrected chi connectivity index (χ3v) is 3.38. The SMILES string of the molecule is CC(NCc1ccc(C#N)cc1)C(C)n1cccn1. The Morgan fingerprint density at radius 1 is 1.32 bits per heavy atom. The summed E-state index contributed by atoms with van der Waals surface area (Å²) in [6, 6.07) is 12.3. The van der Waals surface area contributed by atoms with E-state index in [9.17, 15) is 0 Å². The van der Waals surface area contributed by atoms with E-state index in [0.717, 1.165) is 6.54 Å². The van der Waals surface area contributed by atoms with Crippen LogP contribution in [0, 0.1) is 11.3 Å². The Morgan fingerprint density at radius 3 is 2.63 bits per heavy atom. The monoisotopic (exact) mass is 254 g/mol. The van der Waals surface area contributed by atoms with Gasteiger partial charge in [-0.2, -0.15) is 10.4 Å². The number of hydrogen-bond donors (Lipinski definition) is 1. The van der Waals surface area contributed by atoms with Crippen molar-refractivity contribution in [1.29, 1.82) is 5.26 Å². The van der Waals surface area contributed by atoms with Gasteiger partial charge in [0.1, 0.15) is 0 Å². The van der Waals surface area contributed by atoms with Crippen molar-refractivity contribution >= 4 is 0 Å². The van der Waals surface area contributed by atoms with Gasteiger partial charge in [-0.05, 0) is 37.6 Å². The third-order valence-electron chi connectivity index (χ3n) is 3.38. The molecule has 2 atom stereocenters. The minimum absolute atomic E-state index is 0.299. The Balaban J connectivity index is 1.89. The summed E-state index contributed by atoms with van der Waals surface area (Å²) in [5, 5.41) is 16.5. The molecule has 0 aliphatic carbocycles. The van der Waals surface area contributed by atoms with Crippen molar-refractivity contribution in [1.82, 2.24) is 15.1 Å². The molecule has 0 bridgehead atoms. The Kier molecular flexibility index (Phi) is 4.32. The summed E-state index contributed by atoms with van der Waals surface area (Å²) in [5.41, 5.74) is 1.88. The highest BCUT2D eigenvalue weighted by atomic mass is 15.3. The number of benzene rings is 1.